The third-order valence-corrected chi connectivity index (χ3v) is 9.62. The summed E-state index contributed by atoms with van der Waals surface area (Å²) in [6.45, 7) is 1.37. The van der Waals surface area contributed by atoms with Gasteiger partial charge in [-0.15, -0.1) is 0 Å². The van der Waals surface area contributed by atoms with Gasteiger partial charge in [-0.05, 0) is 66.6 Å². The summed E-state index contributed by atoms with van der Waals surface area (Å²) in [5, 5.41) is 3.54. The van der Waals surface area contributed by atoms with Crippen LogP contribution in [0.25, 0.3) is 0 Å². The molecule has 0 unspecified atom stereocenters. The minimum Gasteiger partial charge on any atom is -0.497 e. The molecule has 0 aromatic heterocycles. The normalized spacial score (nSPS) is 11.8. The zero-order valence-electron chi connectivity index (χ0n) is 25.7. The molecular formula is C34H35Cl2N3O6S. The Morgan fingerprint density at radius 3 is 2.17 bits per heavy atom. The number of carbonyl (C=O) groups is 2. The van der Waals surface area contributed by atoms with E-state index in [1.54, 1.807) is 49.4 Å². The molecule has 0 spiro atoms. The Labute approximate surface area is 279 Å². The number of para-hydroxylation sites is 2. The maximum atomic E-state index is 14.5. The van der Waals surface area contributed by atoms with Crippen molar-refractivity contribution >= 4 is 50.7 Å². The van der Waals surface area contributed by atoms with Crippen molar-refractivity contribution in [3.8, 4) is 11.5 Å². The van der Waals surface area contributed by atoms with Gasteiger partial charge >= 0.3 is 0 Å². The third-order valence-electron chi connectivity index (χ3n) is 7.26. The molecule has 9 nitrogen and oxygen atoms in total. The molecule has 46 heavy (non-hydrogen) atoms. The average Bonchev–Trinajstić information content (AvgIpc) is 3.06. The van der Waals surface area contributed by atoms with E-state index in [1.807, 2.05) is 30.3 Å². The molecule has 0 radical (unpaired) electrons. The van der Waals surface area contributed by atoms with Crippen molar-refractivity contribution in [2.45, 2.75) is 30.8 Å². The van der Waals surface area contributed by atoms with E-state index in [9.17, 15) is 18.0 Å². The first-order valence-electron chi connectivity index (χ1n) is 14.4. The predicted molar refractivity (Wildman–Crippen MR) is 180 cm³/mol. The van der Waals surface area contributed by atoms with Crippen LogP contribution in [-0.4, -0.2) is 58.5 Å². The summed E-state index contributed by atoms with van der Waals surface area (Å²) in [6, 6.07) is 25.5. The maximum Gasteiger partial charge on any atom is 0.264 e. The fourth-order valence-electron chi connectivity index (χ4n) is 4.90. The zero-order chi connectivity index (χ0) is 33.3. The Morgan fingerprint density at radius 2 is 1.54 bits per heavy atom. The van der Waals surface area contributed by atoms with Gasteiger partial charge in [-0.2, -0.15) is 0 Å². The molecule has 4 rings (SSSR count). The molecule has 0 saturated heterocycles. The molecule has 0 heterocycles. The molecule has 2 amide bonds. The predicted octanol–water partition coefficient (Wildman–Crippen LogP) is 5.98. The summed E-state index contributed by atoms with van der Waals surface area (Å²) >= 11 is 12.7. The quantitative estimate of drug-likeness (QED) is 0.175. The van der Waals surface area contributed by atoms with Gasteiger partial charge in [0.05, 0.1) is 24.8 Å². The van der Waals surface area contributed by atoms with Crippen LogP contribution >= 0.6 is 23.2 Å². The number of halogens is 2. The monoisotopic (exact) mass is 683 g/mol. The van der Waals surface area contributed by atoms with Crippen molar-refractivity contribution in [3.05, 3.63) is 118 Å². The number of anilines is 1. The van der Waals surface area contributed by atoms with Gasteiger partial charge in [-0.1, -0.05) is 71.7 Å². The van der Waals surface area contributed by atoms with Gasteiger partial charge < -0.3 is 19.7 Å². The largest absolute Gasteiger partial charge is 0.497 e. The second-order valence-electron chi connectivity index (χ2n) is 10.2. The standard InChI is InChI=1S/C34H35Cl2N3O6S/c1-4-37-34(41)31(20-24-10-6-5-7-11-24)38(22-25-14-15-26(35)21-29(25)36)33(40)23-39(30-12-8-9-13-32(30)45-3)46(42,43)28-18-16-27(44-2)17-19-28/h5-19,21,31H,4,20,22-23H2,1-3H3,(H,37,41)/t31-/m0/s1. The molecule has 0 aliphatic carbocycles. The van der Waals surface area contributed by atoms with Crippen LogP contribution in [0.15, 0.2) is 102 Å². The number of likely N-dealkylation sites (N-methyl/N-ethyl adjacent to an activating group) is 1. The van der Waals surface area contributed by atoms with Crippen molar-refractivity contribution in [3.63, 3.8) is 0 Å². The minimum atomic E-state index is -4.34. The lowest BCUT2D eigenvalue weighted by Crippen LogP contribution is -2.53. The van der Waals surface area contributed by atoms with Crippen molar-refractivity contribution in [2.24, 2.45) is 0 Å². The van der Waals surface area contributed by atoms with E-state index in [4.69, 9.17) is 32.7 Å². The minimum absolute atomic E-state index is 0.0659. The number of nitrogens with one attached hydrogen (secondary N) is 1. The third kappa shape index (κ3) is 8.31. The fraction of sp³-hybridized carbons (Fsp3) is 0.235. The van der Waals surface area contributed by atoms with Crippen LogP contribution in [0.4, 0.5) is 5.69 Å². The highest BCUT2D eigenvalue weighted by Crippen LogP contribution is 2.33. The van der Waals surface area contributed by atoms with Crippen LogP contribution in [0.2, 0.25) is 10.0 Å². The summed E-state index contributed by atoms with van der Waals surface area (Å²) < 4.78 is 40.2. The van der Waals surface area contributed by atoms with Crippen LogP contribution in [0.5, 0.6) is 11.5 Å². The van der Waals surface area contributed by atoms with Crippen LogP contribution in [0.1, 0.15) is 18.1 Å². The molecule has 0 aliphatic rings. The lowest BCUT2D eigenvalue weighted by molar-refractivity contribution is -0.140. The van der Waals surface area contributed by atoms with E-state index in [2.05, 4.69) is 5.32 Å². The molecule has 0 bridgehead atoms. The fourth-order valence-corrected chi connectivity index (χ4v) is 6.80. The van der Waals surface area contributed by atoms with Crippen LogP contribution in [-0.2, 0) is 32.6 Å². The first-order chi connectivity index (χ1) is 22.1. The van der Waals surface area contributed by atoms with Crippen LogP contribution in [0.3, 0.4) is 0 Å². The van der Waals surface area contributed by atoms with Gasteiger partial charge in [-0.25, -0.2) is 8.42 Å². The van der Waals surface area contributed by atoms with Gasteiger partial charge in [0.1, 0.15) is 24.1 Å². The van der Waals surface area contributed by atoms with Crippen molar-refractivity contribution in [1.82, 2.24) is 10.2 Å². The van der Waals surface area contributed by atoms with E-state index in [0.717, 1.165) is 9.87 Å². The summed E-state index contributed by atoms with van der Waals surface area (Å²) in [5.41, 5.74) is 1.49. The van der Waals surface area contributed by atoms with Gasteiger partial charge in [0, 0.05) is 29.6 Å². The van der Waals surface area contributed by atoms with Gasteiger partial charge in [0.25, 0.3) is 10.0 Å². The van der Waals surface area contributed by atoms with Crippen LogP contribution < -0.4 is 19.1 Å². The molecule has 12 heteroatoms. The Morgan fingerprint density at radius 1 is 0.870 bits per heavy atom. The summed E-state index contributed by atoms with van der Waals surface area (Å²) in [5.74, 6) is -0.326. The molecule has 1 N–H and O–H groups in total. The number of benzene rings is 4. The SMILES string of the molecule is CCNC(=O)[C@H](Cc1ccccc1)N(Cc1ccc(Cl)cc1Cl)C(=O)CN(c1ccccc1OC)S(=O)(=O)c1ccc(OC)cc1. The number of sulfonamides is 1. The molecule has 242 valence electrons. The Balaban J connectivity index is 1.84. The Hall–Kier alpha value is -4.25. The Kier molecular flexibility index (Phi) is 11.9. The van der Waals surface area contributed by atoms with E-state index < -0.39 is 34.4 Å². The number of hydrogen-bond donors (Lipinski definition) is 1. The van der Waals surface area contributed by atoms with Crippen molar-refractivity contribution < 1.29 is 27.5 Å². The summed E-state index contributed by atoms with van der Waals surface area (Å²) in [6.07, 6.45) is 0.170. The van der Waals surface area contributed by atoms with E-state index in [1.165, 1.54) is 43.4 Å². The van der Waals surface area contributed by atoms with E-state index in [-0.39, 0.29) is 29.3 Å². The molecule has 1 atom stereocenters. The number of hydrogen-bond acceptors (Lipinski definition) is 6. The number of rotatable bonds is 14. The van der Waals surface area contributed by atoms with Gasteiger partial charge in [-0.3, -0.25) is 13.9 Å². The first-order valence-corrected chi connectivity index (χ1v) is 16.6. The second kappa shape index (κ2) is 15.8. The first kappa shape index (κ1) is 34.6. The van der Waals surface area contributed by atoms with E-state index >= 15 is 0 Å². The molecule has 4 aromatic rings. The van der Waals surface area contributed by atoms with Crippen molar-refractivity contribution in [1.29, 1.82) is 0 Å². The number of amides is 2. The molecule has 0 saturated carbocycles. The van der Waals surface area contributed by atoms with Gasteiger partial charge in [0.15, 0.2) is 0 Å². The summed E-state index contributed by atoms with van der Waals surface area (Å²) in [7, 11) is -1.44. The number of ether oxygens (including phenoxy) is 2. The maximum absolute atomic E-state index is 14.5. The van der Waals surface area contributed by atoms with Crippen molar-refractivity contribution in [2.75, 3.05) is 31.6 Å². The summed E-state index contributed by atoms with van der Waals surface area (Å²) in [4.78, 5) is 29.5. The number of carbonyl (C=O) groups excluding carboxylic acids is 2. The molecular weight excluding hydrogens is 649 g/mol. The highest BCUT2D eigenvalue weighted by Gasteiger charge is 2.35. The molecule has 0 aliphatic heterocycles. The highest BCUT2D eigenvalue weighted by atomic mass is 35.5. The molecule has 0 fully saturated rings. The topological polar surface area (TPSA) is 105 Å². The average molecular weight is 685 g/mol. The molecule has 4 aromatic carbocycles. The zero-order valence-corrected chi connectivity index (χ0v) is 28.0. The lowest BCUT2D eigenvalue weighted by atomic mass is 10.0. The smallest absolute Gasteiger partial charge is 0.264 e. The van der Waals surface area contributed by atoms with Gasteiger partial charge in [0.2, 0.25) is 11.8 Å². The number of methoxy groups -OCH3 is 2. The second-order valence-corrected chi connectivity index (χ2v) is 12.9. The number of nitrogens with zero attached hydrogens (tertiary/aromatic N) is 2. The highest BCUT2D eigenvalue weighted by molar-refractivity contribution is 7.92. The Bertz CT molecular complexity index is 1750. The lowest BCUT2D eigenvalue weighted by Gasteiger charge is -2.34. The van der Waals surface area contributed by atoms with E-state index in [0.29, 0.717) is 27.9 Å². The van der Waals surface area contributed by atoms with Crippen LogP contribution in [0, 0.1) is 0 Å².